The van der Waals surface area contributed by atoms with E-state index in [1.165, 1.54) is 29.7 Å². The van der Waals surface area contributed by atoms with Crippen LogP contribution in [-0.4, -0.2) is 45.6 Å². The van der Waals surface area contributed by atoms with Crippen LogP contribution in [0.1, 0.15) is 50.5 Å². The lowest BCUT2D eigenvalue weighted by atomic mass is 10.1. The van der Waals surface area contributed by atoms with Crippen LogP contribution >= 0.6 is 0 Å². The molecule has 0 spiro atoms. The number of hydroxylamine groups is 1. The maximum absolute atomic E-state index is 13.9. The molecule has 0 bridgehead atoms. The van der Waals surface area contributed by atoms with Gasteiger partial charge in [-0.05, 0) is 49.2 Å². The third-order valence-corrected chi connectivity index (χ3v) is 4.95. The van der Waals surface area contributed by atoms with Crippen LogP contribution in [0.3, 0.4) is 0 Å². The molecule has 0 unspecified atom stereocenters. The topological polar surface area (TPSA) is 165 Å². The molecule has 0 atom stereocenters. The summed E-state index contributed by atoms with van der Waals surface area (Å²) in [5.41, 5.74) is 1.16. The monoisotopic (exact) mass is 500 g/mol. The molecular weight excluding hydrogens is 478 g/mol. The van der Waals surface area contributed by atoms with Gasteiger partial charge < -0.3 is 16.0 Å². The zero-order valence-electron chi connectivity index (χ0n) is 18.7. The van der Waals surface area contributed by atoms with Crippen molar-refractivity contribution < 1.29 is 33.2 Å². The van der Waals surface area contributed by atoms with Crippen molar-refractivity contribution in [2.24, 2.45) is 0 Å². The van der Waals surface area contributed by atoms with Crippen LogP contribution < -0.4 is 21.4 Å². The summed E-state index contributed by atoms with van der Waals surface area (Å²) in [5, 5.41) is 22.1. The van der Waals surface area contributed by atoms with Crippen LogP contribution in [0.15, 0.2) is 48.7 Å². The molecule has 0 aliphatic heterocycles. The molecule has 13 heteroatoms. The molecule has 0 fully saturated rings. The Morgan fingerprint density at radius 3 is 2.25 bits per heavy atom. The van der Waals surface area contributed by atoms with Crippen molar-refractivity contribution in [3.05, 3.63) is 77.1 Å². The molecule has 0 aliphatic rings. The molecule has 3 rings (SSSR count). The number of nitrogens with zero attached hydrogens (tertiary/aromatic N) is 1. The van der Waals surface area contributed by atoms with Gasteiger partial charge in [-0.15, -0.1) is 0 Å². The number of hydrogen-bond acceptors (Lipinski definition) is 6. The normalized spacial score (nSPS) is 10.4. The fourth-order valence-corrected chi connectivity index (χ4v) is 3.12. The fourth-order valence-electron chi connectivity index (χ4n) is 3.12. The summed E-state index contributed by atoms with van der Waals surface area (Å²) in [5.74, 6) is -4.74. The first-order valence-electron chi connectivity index (χ1n) is 10.7. The highest BCUT2D eigenvalue weighted by Gasteiger charge is 2.21. The molecule has 0 saturated heterocycles. The number of amides is 4. The molecule has 6 N–H and O–H groups in total. The van der Waals surface area contributed by atoms with Gasteiger partial charge in [-0.1, -0.05) is 6.07 Å². The Morgan fingerprint density at radius 1 is 0.889 bits per heavy atom. The SMILES string of the molecule is O=C(CCCCNC(=O)c1ccc(NC(=O)c2[nH]ncc2NC(=O)c2c(F)cccc2F)cc1)NO. The summed E-state index contributed by atoms with van der Waals surface area (Å²) < 4.78 is 27.7. The van der Waals surface area contributed by atoms with E-state index < -0.39 is 34.9 Å². The van der Waals surface area contributed by atoms with Gasteiger partial charge in [0.1, 0.15) is 22.9 Å². The van der Waals surface area contributed by atoms with Gasteiger partial charge in [-0.25, -0.2) is 14.3 Å². The minimum atomic E-state index is -1.09. The van der Waals surface area contributed by atoms with E-state index in [0.29, 0.717) is 30.6 Å². The van der Waals surface area contributed by atoms with Crippen molar-refractivity contribution in [2.75, 3.05) is 17.2 Å². The van der Waals surface area contributed by atoms with Crippen molar-refractivity contribution in [1.82, 2.24) is 21.0 Å². The number of nitrogens with one attached hydrogen (secondary N) is 5. The van der Waals surface area contributed by atoms with Crippen LogP contribution in [0.5, 0.6) is 0 Å². The van der Waals surface area contributed by atoms with E-state index in [1.54, 1.807) is 0 Å². The van der Waals surface area contributed by atoms with Crippen molar-refractivity contribution in [2.45, 2.75) is 19.3 Å². The van der Waals surface area contributed by atoms with Crippen LogP contribution in [0.25, 0.3) is 0 Å². The van der Waals surface area contributed by atoms with Crippen molar-refractivity contribution >= 4 is 35.0 Å². The average Bonchev–Trinajstić information content (AvgIpc) is 3.32. The molecule has 3 aromatic rings. The second-order valence-electron chi connectivity index (χ2n) is 7.49. The Hall–Kier alpha value is -4.65. The molecule has 0 saturated carbocycles. The lowest BCUT2D eigenvalue weighted by molar-refractivity contribution is -0.129. The van der Waals surface area contributed by atoms with Crippen LogP contribution in [0, 0.1) is 11.6 Å². The Bertz CT molecular complexity index is 1240. The number of aromatic amines is 1. The Morgan fingerprint density at radius 2 is 1.58 bits per heavy atom. The molecular formula is C23H22F2N6O5. The van der Waals surface area contributed by atoms with Crippen LogP contribution in [-0.2, 0) is 4.79 Å². The lowest BCUT2D eigenvalue weighted by Gasteiger charge is -2.09. The van der Waals surface area contributed by atoms with Crippen LogP contribution in [0.2, 0.25) is 0 Å². The van der Waals surface area contributed by atoms with Crippen molar-refractivity contribution in [1.29, 1.82) is 0 Å². The number of carbonyl (C=O) groups excluding carboxylic acids is 4. The summed E-state index contributed by atoms with van der Waals surface area (Å²) in [7, 11) is 0. The number of halogens is 2. The molecule has 0 radical (unpaired) electrons. The number of anilines is 2. The number of H-pyrrole nitrogens is 1. The summed E-state index contributed by atoms with van der Waals surface area (Å²) >= 11 is 0. The summed E-state index contributed by atoms with van der Waals surface area (Å²) in [6.07, 6.45) is 2.29. The van der Waals surface area contributed by atoms with Crippen molar-refractivity contribution in [3.8, 4) is 0 Å². The number of rotatable bonds is 10. The molecule has 11 nitrogen and oxygen atoms in total. The van der Waals surface area contributed by atoms with Gasteiger partial charge in [0.05, 0.1) is 11.9 Å². The number of aromatic nitrogens is 2. The fraction of sp³-hybridized carbons (Fsp3) is 0.174. The highest BCUT2D eigenvalue weighted by atomic mass is 19.1. The van der Waals surface area contributed by atoms with E-state index in [2.05, 4.69) is 26.1 Å². The highest BCUT2D eigenvalue weighted by molar-refractivity contribution is 6.11. The van der Waals surface area contributed by atoms with E-state index in [4.69, 9.17) is 5.21 Å². The summed E-state index contributed by atoms with van der Waals surface area (Å²) in [4.78, 5) is 48.1. The van der Waals surface area contributed by atoms with Gasteiger partial charge in [-0.3, -0.25) is 29.5 Å². The standard InChI is InChI=1S/C23H22F2N6O5/c24-15-4-3-5-16(25)19(15)22(34)29-17-12-27-30-20(17)23(35)28-14-9-7-13(8-10-14)21(33)26-11-2-1-6-18(32)31-36/h3-5,7-10,12,36H,1-2,6,11H2,(H,26,33)(H,27,30)(H,28,35)(H,29,34)(H,31,32). The summed E-state index contributed by atoms with van der Waals surface area (Å²) in [6.45, 7) is 0.334. The molecule has 1 aromatic heterocycles. The smallest absolute Gasteiger partial charge is 0.275 e. The molecule has 0 aliphatic carbocycles. The van der Waals surface area contributed by atoms with Gasteiger partial charge in [-0.2, -0.15) is 5.10 Å². The Balaban J connectivity index is 1.55. The third-order valence-electron chi connectivity index (χ3n) is 4.95. The largest absolute Gasteiger partial charge is 0.352 e. The molecule has 4 amide bonds. The molecule has 36 heavy (non-hydrogen) atoms. The van der Waals surface area contributed by atoms with E-state index in [1.807, 2.05) is 0 Å². The first-order valence-corrected chi connectivity index (χ1v) is 10.7. The average molecular weight is 500 g/mol. The first kappa shape index (κ1) is 26.0. The van der Waals surface area contributed by atoms with Crippen LogP contribution in [0.4, 0.5) is 20.2 Å². The first-order chi connectivity index (χ1) is 17.3. The predicted octanol–water partition coefficient (Wildman–Crippen LogP) is 2.60. The number of unbranched alkanes of at least 4 members (excludes halogenated alkanes) is 1. The zero-order chi connectivity index (χ0) is 26.1. The second-order valence-corrected chi connectivity index (χ2v) is 7.49. The second kappa shape index (κ2) is 12.2. The third kappa shape index (κ3) is 6.70. The Kier molecular flexibility index (Phi) is 8.78. The van der Waals surface area contributed by atoms with Gasteiger partial charge in [0.2, 0.25) is 5.91 Å². The quantitative estimate of drug-likeness (QED) is 0.142. The number of benzene rings is 2. The van der Waals surface area contributed by atoms with Gasteiger partial charge in [0.15, 0.2) is 0 Å². The van der Waals surface area contributed by atoms with E-state index in [9.17, 15) is 28.0 Å². The maximum Gasteiger partial charge on any atom is 0.275 e. The van der Waals surface area contributed by atoms with Gasteiger partial charge in [0.25, 0.3) is 17.7 Å². The van der Waals surface area contributed by atoms with Gasteiger partial charge in [0, 0.05) is 24.2 Å². The van der Waals surface area contributed by atoms with Gasteiger partial charge >= 0.3 is 0 Å². The van der Waals surface area contributed by atoms with E-state index >= 15 is 0 Å². The highest BCUT2D eigenvalue weighted by Crippen LogP contribution is 2.19. The van der Waals surface area contributed by atoms with E-state index in [-0.39, 0.29) is 23.7 Å². The number of hydrogen-bond donors (Lipinski definition) is 6. The zero-order valence-corrected chi connectivity index (χ0v) is 18.7. The molecule has 1 heterocycles. The van der Waals surface area contributed by atoms with E-state index in [0.717, 1.165) is 24.4 Å². The summed E-state index contributed by atoms with van der Waals surface area (Å²) in [6, 6.07) is 8.94. The number of carbonyl (C=O) groups is 4. The lowest BCUT2D eigenvalue weighted by Crippen LogP contribution is -2.25. The minimum Gasteiger partial charge on any atom is -0.352 e. The molecule has 188 valence electrons. The van der Waals surface area contributed by atoms with Crippen molar-refractivity contribution in [3.63, 3.8) is 0 Å². The Labute approximate surface area is 203 Å². The predicted molar refractivity (Wildman–Crippen MR) is 123 cm³/mol. The minimum absolute atomic E-state index is 0.0902. The maximum atomic E-state index is 13.9. The molecule has 2 aromatic carbocycles.